The van der Waals surface area contributed by atoms with Gasteiger partial charge in [0.15, 0.2) is 5.78 Å². The van der Waals surface area contributed by atoms with E-state index < -0.39 is 0 Å². The second-order valence-electron chi connectivity index (χ2n) is 3.41. The van der Waals surface area contributed by atoms with Gasteiger partial charge in [0.25, 0.3) is 0 Å². The number of carbonyl (C=O) groups is 1. The highest BCUT2D eigenvalue weighted by Crippen LogP contribution is 2.14. The van der Waals surface area contributed by atoms with E-state index in [0.29, 0.717) is 17.7 Å². The fraction of sp³-hybridized carbons (Fsp3) is 0.875. The zero-order chi connectivity index (χ0) is 7.72. The third-order valence-corrected chi connectivity index (χ3v) is 2.17. The lowest BCUT2D eigenvalue weighted by Gasteiger charge is -2.13. The van der Waals surface area contributed by atoms with E-state index in [0.717, 1.165) is 6.42 Å². The van der Waals surface area contributed by atoms with E-state index in [9.17, 15) is 4.79 Å². The van der Waals surface area contributed by atoms with Crippen molar-refractivity contribution in [3.8, 4) is 0 Å². The third-order valence-electron chi connectivity index (χ3n) is 2.17. The second kappa shape index (κ2) is 2.70. The molecule has 1 N–H and O–H groups in total. The fourth-order valence-corrected chi connectivity index (χ4v) is 1.29. The van der Waals surface area contributed by atoms with Gasteiger partial charge in [0.1, 0.15) is 0 Å². The lowest BCUT2D eigenvalue weighted by molar-refractivity contribution is -0.118. The first kappa shape index (κ1) is 7.73. The maximum atomic E-state index is 11.0. The molecule has 0 aromatic heterocycles. The Morgan fingerprint density at radius 1 is 1.60 bits per heavy atom. The summed E-state index contributed by atoms with van der Waals surface area (Å²) in [6, 6.07) is 0.509. The first-order chi connectivity index (χ1) is 4.61. The molecule has 1 saturated heterocycles. The van der Waals surface area contributed by atoms with Crippen molar-refractivity contribution in [3.05, 3.63) is 0 Å². The monoisotopic (exact) mass is 141 g/mol. The van der Waals surface area contributed by atoms with E-state index in [4.69, 9.17) is 0 Å². The normalized spacial score (nSPS) is 33.8. The van der Waals surface area contributed by atoms with Gasteiger partial charge >= 0.3 is 0 Å². The van der Waals surface area contributed by atoms with Gasteiger partial charge in [-0.15, -0.1) is 0 Å². The van der Waals surface area contributed by atoms with Crippen LogP contribution in [0.25, 0.3) is 0 Å². The van der Waals surface area contributed by atoms with Crippen LogP contribution in [0.1, 0.15) is 27.2 Å². The molecule has 1 fully saturated rings. The Balaban J connectivity index is 2.49. The fourth-order valence-electron chi connectivity index (χ4n) is 1.29. The molecule has 0 aliphatic carbocycles. The highest BCUT2D eigenvalue weighted by Gasteiger charge is 2.29. The first-order valence-corrected chi connectivity index (χ1v) is 3.90. The molecule has 2 nitrogen and oxygen atoms in total. The van der Waals surface area contributed by atoms with Crippen molar-refractivity contribution in [2.24, 2.45) is 5.92 Å². The average molecular weight is 141 g/mol. The summed E-state index contributed by atoms with van der Waals surface area (Å²) in [6.07, 6.45) is 0.721. The molecular formula is C8H15NO. The number of ketones is 1. The maximum absolute atomic E-state index is 11.0. The van der Waals surface area contributed by atoms with E-state index in [1.807, 2.05) is 6.92 Å². The smallest absolute Gasteiger partial charge is 0.151 e. The van der Waals surface area contributed by atoms with Crippen LogP contribution in [0.5, 0.6) is 0 Å². The van der Waals surface area contributed by atoms with Gasteiger partial charge in [-0.05, 0) is 12.8 Å². The van der Waals surface area contributed by atoms with E-state index in [-0.39, 0.29) is 6.04 Å². The molecule has 10 heavy (non-hydrogen) atoms. The summed E-state index contributed by atoms with van der Waals surface area (Å²) in [5, 5.41) is 3.25. The van der Waals surface area contributed by atoms with Crippen LogP contribution in [-0.2, 0) is 4.79 Å². The van der Waals surface area contributed by atoms with E-state index in [1.54, 1.807) is 0 Å². The summed E-state index contributed by atoms with van der Waals surface area (Å²) < 4.78 is 0. The topological polar surface area (TPSA) is 29.1 Å². The molecular weight excluding hydrogens is 126 g/mol. The van der Waals surface area contributed by atoms with Crippen molar-refractivity contribution < 1.29 is 4.79 Å². The number of hydrogen-bond acceptors (Lipinski definition) is 2. The van der Waals surface area contributed by atoms with E-state index in [1.165, 1.54) is 0 Å². The van der Waals surface area contributed by atoms with Crippen LogP contribution in [0.3, 0.4) is 0 Å². The minimum Gasteiger partial charge on any atom is -0.304 e. The van der Waals surface area contributed by atoms with Gasteiger partial charge in [-0.1, -0.05) is 13.8 Å². The summed E-state index contributed by atoms with van der Waals surface area (Å²) in [7, 11) is 0. The Bertz CT molecular complexity index is 142. The molecule has 0 radical (unpaired) electrons. The van der Waals surface area contributed by atoms with Crippen molar-refractivity contribution in [2.75, 3.05) is 0 Å². The van der Waals surface area contributed by atoms with Gasteiger partial charge in [0, 0.05) is 12.5 Å². The zero-order valence-electron chi connectivity index (χ0n) is 6.85. The van der Waals surface area contributed by atoms with Crippen LogP contribution in [0.2, 0.25) is 0 Å². The quantitative estimate of drug-likeness (QED) is 0.589. The van der Waals surface area contributed by atoms with Crippen LogP contribution < -0.4 is 5.32 Å². The molecule has 1 aliphatic rings. The van der Waals surface area contributed by atoms with Gasteiger partial charge in [0.2, 0.25) is 0 Å². The predicted octanol–water partition coefficient (Wildman–Crippen LogP) is 0.962. The summed E-state index contributed by atoms with van der Waals surface area (Å²) in [5.74, 6) is 0.938. The number of rotatable bonds is 1. The summed E-state index contributed by atoms with van der Waals surface area (Å²) >= 11 is 0. The van der Waals surface area contributed by atoms with Crippen LogP contribution in [0.15, 0.2) is 0 Å². The Kier molecular flexibility index (Phi) is 2.09. The van der Waals surface area contributed by atoms with Gasteiger partial charge in [-0.3, -0.25) is 4.79 Å². The molecule has 0 aromatic carbocycles. The Morgan fingerprint density at radius 2 is 2.20 bits per heavy atom. The van der Waals surface area contributed by atoms with Gasteiger partial charge < -0.3 is 5.32 Å². The molecule has 1 rings (SSSR count). The van der Waals surface area contributed by atoms with Crippen molar-refractivity contribution in [1.29, 1.82) is 0 Å². The standard InChI is InChI=1S/C8H15NO/c1-5(2)7-4-8(10)6(3)9-7/h5-7,9H,4H2,1-3H3. The molecule has 58 valence electrons. The average Bonchev–Trinajstić information content (AvgIpc) is 2.13. The van der Waals surface area contributed by atoms with Crippen molar-refractivity contribution in [3.63, 3.8) is 0 Å². The van der Waals surface area contributed by atoms with Crippen molar-refractivity contribution in [2.45, 2.75) is 39.3 Å². The summed E-state index contributed by atoms with van der Waals surface area (Å²) in [5.41, 5.74) is 0. The first-order valence-electron chi connectivity index (χ1n) is 3.90. The molecule has 0 spiro atoms. The molecule has 0 bridgehead atoms. The highest BCUT2D eigenvalue weighted by molar-refractivity contribution is 5.86. The third kappa shape index (κ3) is 1.37. The molecule has 0 aromatic rings. The van der Waals surface area contributed by atoms with Crippen LogP contribution in [0.4, 0.5) is 0 Å². The van der Waals surface area contributed by atoms with Gasteiger partial charge in [-0.2, -0.15) is 0 Å². The van der Waals surface area contributed by atoms with E-state index in [2.05, 4.69) is 19.2 Å². The molecule has 2 atom stereocenters. The van der Waals surface area contributed by atoms with Crippen LogP contribution in [-0.4, -0.2) is 17.9 Å². The summed E-state index contributed by atoms with van der Waals surface area (Å²) in [6.45, 7) is 6.22. The van der Waals surface area contributed by atoms with Crippen LogP contribution >= 0.6 is 0 Å². The molecule has 2 unspecified atom stereocenters. The number of hydrogen-bond donors (Lipinski definition) is 1. The second-order valence-corrected chi connectivity index (χ2v) is 3.41. The Hall–Kier alpha value is -0.370. The largest absolute Gasteiger partial charge is 0.304 e. The molecule has 1 heterocycles. The minimum atomic E-state index is 0.0902. The van der Waals surface area contributed by atoms with Crippen LogP contribution in [0, 0.1) is 5.92 Å². The number of carbonyl (C=O) groups excluding carboxylic acids is 1. The Labute approximate surface area is 62.0 Å². The minimum absolute atomic E-state index is 0.0902. The number of Topliss-reactive ketones (excluding diaryl/α,β-unsaturated/α-hetero) is 1. The maximum Gasteiger partial charge on any atom is 0.151 e. The Morgan fingerprint density at radius 3 is 2.40 bits per heavy atom. The molecule has 1 aliphatic heterocycles. The van der Waals surface area contributed by atoms with Crippen molar-refractivity contribution >= 4 is 5.78 Å². The van der Waals surface area contributed by atoms with Gasteiger partial charge in [0.05, 0.1) is 6.04 Å². The predicted molar refractivity (Wildman–Crippen MR) is 40.8 cm³/mol. The number of nitrogens with one attached hydrogen (secondary N) is 1. The molecule has 2 heteroatoms. The zero-order valence-corrected chi connectivity index (χ0v) is 6.85. The lowest BCUT2D eigenvalue weighted by Crippen LogP contribution is -2.32. The lowest BCUT2D eigenvalue weighted by atomic mass is 10.0. The summed E-state index contributed by atoms with van der Waals surface area (Å²) in [4.78, 5) is 11.0. The molecule has 0 saturated carbocycles. The highest BCUT2D eigenvalue weighted by atomic mass is 16.1. The SMILES string of the molecule is CC1NC(C(C)C)CC1=O. The molecule has 0 amide bonds. The van der Waals surface area contributed by atoms with Crippen molar-refractivity contribution in [1.82, 2.24) is 5.32 Å². The van der Waals surface area contributed by atoms with Gasteiger partial charge in [-0.25, -0.2) is 0 Å². The van der Waals surface area contributed by atoms with E-state index >= 15 is 0 Å².